The number of nitrogens with zero attached hydrogens (tertiary/aromatic N) is 1. The molecule has 0 fully saturated rings. The Labute approximate surface area is 110 Å². The summed E-state index contributed by atoms with van der Waals surface area (Å²) in [5, 5.41) is 12.1. The number of likely N-dealkylation sites (N-methyl/N-ethyl adjacent to an activating group) is 1. The minimum Gasteiger partial charge on any atom is -0.378 e. The lowest BCUT2D eigenvalue weighted by Gasteiger charge is -2.26. The second-order valence-corrected chi connectivity index (χ2v) is 4.05. The molecule has 1 aromatic carbocycles. The van der Waals surface area contributed by atoms with Crippen molar-refractivity contribution < 1.29 is 17.9 Å². The number of nitrogens with one attached hydrogen (secondary N) is 1. The third-order valence-electron chi connectivity index (χ3n) is 2.73. The number of rotatable bonds is 6. The van der Waals surface area contributed by atoms with E-state index in [0.29, 0.717) is 5.56 Å². The van der Waals surface area contributed by atoms with E-state index in [4.69, 9.17) is 4.74 Å². The van der Waals surface area contributed by atoms with Gasteiger partial charge in [-0.1, -0.05) is 30.3 Å². The van der Waals surface area contributed by atoms with Gasteiger partial charge in [-0.25, -0.2) is 0 Å². The van der Waals surface area contributed by atoms with Crippen molar-refractivity contribution in [3.63, 3.8) is 0 Å². The van der Waals surface area contributed by atoms with Crippen LogP contribution in [-0.4, -0.2) is 26.4 Å². The molecule has 0 amide bonds. The zero-order valence-electron chi connectivity index (χ0n) is 10.5. The summed E-state index contributed by atoms with van der Waals surface area (Å²) in [6.45, 7) is -0.596. The standard InChI is InChI=1S/C13H15F3N2O/c1-18-12(9-17,11-5-3-2-4-6-11)10-19-8-7-13(14,15)16/h2-6,18H,7-8,10H2,1H3. The zero-order valence-corrected chi connectivity index (χ0v) is 10.5. The van der Waals surface area contributed by atoms with Crippen molar-refractivity contribution >= 4 is 0 Å². The molecule has 104 valence electrons. The number of alkyl halides is 3. The van der Waals surface area contributed by atoms with Crippen molar-refractivity contribution in [1.82, 2.24) is 5.32 Å². The van der Waals surface area contributed by atoms with Crippen LogP contribution in [-0.2, 0) is 10.3 Å². The third kappa shape index (κ3) is 4.54. The topological polar surface area (TPSA) is 45.0 Å². The lowest BCUT2D eigenvalue weighted by Crippen LogP contribution is -2.43. The Morgan fingerprint density at radius 1 is 1.26 bits per heavy atom. The van der Waals surface area contributed by atoms with E-state index in [1.165, 1.54) is 0 Å². The van der Waals surface area contributed by atoms with Crippen LogP contribution in [0.3, 0.4) is 0 Å². The second-order valence-electron chi connectivity index (χ2n) is 4.05. The lowest BCUT2D eigenvalue weighted by molar-refractivity contribution is -0.146. The van der Waals surface area contributed by atoms with E-state index in [0.717, 1.165) is 0 Å². The van der Waals surface area contributed by atoms with Crippen molar-refractivity contribution in [3.8, 4) is 6.07 Å². The number of halogens is 3. The maximum Gasteiger partial charge on any atom is 0.391 e. The molecule has 1 N–H and O–H groups in total. The van der Waals surface area contributed by atoms with Gasteiger partial charge in [-0.3, -0.25) is 5.32 Å². The van der Waals surface area contributed by atoms with Gasteiger partial charge < -0.3 is 4.74 Å². The van der Waals surface area contributed by atoms with Gasteiger partial charge in [-0.05, 0) is 12.6 Å². The Kier molecular flexibility index (Phi) is 5.33. The average Bonchev–Trinajstić information content (AvgIpc) is 2.39. The van der Waals surface area contributed by atoms with E-state index in [-0.39, 0.29) is 6.61 Å². The maximum absolute atomic E-state index is 12.0. The molecule has 0 bridgehead atoms. The van der Waals surface area contributed by atoms with Gasteiger partial charge in [-0.2, -0.15) is 18.4 Å². The summed E-state index contributed by atoms with van der Waals surface area (Å²) in [6.07, 6.45) is -5.27. The van der Waals surface area contributed by atoms with Gasteiger partial charge in [0.15, 0.2) is 5.54 Å². The Bertz CT molecular complexity index is 428. The number of benzene rings is 1. The summed E-state index contributed by atoms with van der Waals surface area (Å²) >= 11 is 0. The Balaban J connectivity index is 2.67. The summed E-state index contributed by atoms with van der Waals surface area (Å²) in [5.41, 5.74) is -0.473. The highest BCUT2D eigenvalue weighted by Crippen LogP contribution is 2.22. The van der Waals surface area contributed by atoms with Crippen LogP contribution < -0.4 is 5.32 Å². The molecule has 1 unspecified atom stereocenters. The minimum atomic E-state index is -4.25. The molecular weight excluding hydrogens is 257 g/mol. The summed E-state index contributed by atoms with van der Waals surface area (Å²) in [4.78, 5) is 0. The number of ether oxygens (including phenoxy) is 1. The Morgan fingerprint density at radius 3 is 2.37 bits per heavy atom. The molecule has 1 aromatic rings. The first-order valence-electron chi connectivity index (χ1n) is 5.74. The maximum atomic E-state index is 12.0. The molecular formula is C13H15F3N2O. The van der Waals surface area contributed by atoms with E-state index < -0.39 is 24.7 Å². The third-order valence-corrected chi connectivity index (χ3v) is 2.73. The van der Waals surface area contributed by atoms with Gasteiger partial charge in [0.2, 0.25) is 0 Å². The Morgan fingerprint density at radius 2 is 1.89 bits per heavy atom. The average molecular weight is 272 g/mol. The summed E-state index contributed by atoms with van der Waals surface area (Å²) in [7, 11) is 1.57. The van der Waals surface area contributed by atoms with Crippen LogP contribution in [0.4, 0.5) is 13.2 Å². The van der Waals surface area contributed by atoms with Crippen molar-refractivity contribution in [2.75, 3.05) is 20.3 Å². The summed E-state index contributed by atoms with van der Waals surface area (Å²) in [5.74, 6) is 0. The number of hydrogen-bond acceptors (Lipinski definition) is 3. The van der Waals surface area contributed by atoms with Crippen molar-refractivity contribution in [3.05, 3.63) is 35.9 Å². The molecule has 0 aliphatic rings. The fourth-order valence-corrected chi connectivity index (χ4v) is 1.59. The number of hydrogen-bond donors (Lipinski definition) is 1. The van der Waals surface area contributed by atoms with E-state index in [1.807, 2.05) is 0 Å². The van der Waals surface area contributed by atoms with E-state index in [9.17, 15) is 18.4 Å². The molecule has 0 aromatic heterocycles. The molecule has 0 heterocycles. The van der Waals surface area contributed by atoms with E-state index >= 15 is 0 Å². The van der Waals surface area contributed by atoms with Crippen molar-refractivity contribution in [1.29, 1.82) is 5.26 Å². The van der Waals surface area contributed by atoms with Crippen LogP contribution in [0.15, 0.2) is 30.3 Å². The molecule has 0 aliphatic heterocycles. The molecule has 0 radical (unpaired) electrons. The van der Waals surface area contributed by atoms with Crippen molar-refractivity contribution in [2.45, 2.75) is 18.1 Å². The first kappa shape index (κ1) is 15.5. The molecule has 1 rings (SSSR count). The summed E-state index contributed by atoms with van der Waals surface area (Å²) < 4.78 is 41.0. The second kappa shape index (κ2) is 6.55. The van der Waals surface area contributed by atoms with Gasteiger partial charge in [0.1, 0.15) is 0 Å². The molecule has 1 atom stereocenters. The van der Waals surface area contributed by atoms with E-state index in [2.05, 4.69) is 11.4 Å². The van der Waals surface area contributed by atoms with Crippen LogP contribution in [0, 0.1) is 11.3 Å². The lowest BCUT2D eigenvalue weighted by atomic mass is 9.92. The molecule has 0 saturated heterocycles. The largest absolute Gasteiger partial charge is 0.391 e. The number of nitriles is 1. The fourth-order valence-electron chi connectivity index (χ4n) is 1.59. The SMILES string of the molecule is CNC(C#N)(COCCC(F)(F)F)c1ccccc1. The van der Waals surface area contributed by atoms with Gasteiger partial charge in [0, 0.05) is 0 Å². The smallest absolute Gasteiger partial charge is 0.378 e. The van der Waals surface area contributed by atoms with Crippen molar-refractivity contribution in [2.24, 2.45) is 0 Å². The van der Waals surface area contributed by atoms with Gasteiger partial charge >= 0.3 is 6.18 Å². The highest BCUT2D eigenvalue weighted by Gasteiger charge is 2.32. The Hall–Kier alpha value is -1.58. The zero-order chi connectivity index (χ0) is 14.4. The fraction of sp³-hybridized carbons (Fsp3) is 0.462. The van der Waals surface area contributed by atoms with Gasteiger partial charge in [0.05, 0.1) is 25.7 Å². The van der Waals surface area contributed by atoms with Crippen LogP contribution in [0.2, 0.25) is 0 Å². The first-order chi connectivity index (χ1) is 8.93. The predicted octanol–water partition coefficient (Wildman–Crippen LogP) is 2.59. The highest BCUT2D eigenvalue weighted by molar-refractivity contribution is 5.31. The molecule has 0 aliphatic carbocycles. The quantitative estimate of drug-likeness (QED) is 0.810. The van der Waals surface area contributed by atoms with Gasteiger partial charge in [-0.15, -0.1) is 0 Å². The molecule has 0 saturated carbocycles. The van der Waals surface area contributed by atoms with Crippen LogP contribution in [0.5, 0.6) is 0 Å². The normalized spacial score (nSPS) is 14.7. The van der Waals surface area contributed by atoms with Crippen LogP contribution in [0.25, 0.3) is 0 Å². The molecule has 3 nitrogen and oxygen atoms in total. The molecule has 6 heteroatoms. The predicted molar refractivity (Wildman–Crippen MR) is 64.3 cm³/mol. The monoisotopic (exact) mass is 272 g/mol. The first-order valence-corrected chi connectivity index (χ1v) is 5.74. The van der Waals surface area contributed by atoms with E-state index in [1.54, 1.807) is 37.4 Å². The molecule has 19 heavy (non-hydrogen) atoms. The van der Waals surface area contributed by atoms with Crippen LogP contribution >= 0.6 is 0 Å². The summed E-state index contributed by atoms with van der Waals surface area (Å²) in [6, 6.07) is 10.8. The van der Waals surface area contributed by atoms with Crippen LogP contribution in [0.1, 0.15) is 12.0 Å². The highest BCUT2D eigenvalue weighted by atomic mass is 19.4. The van der Waals surface area contributed by atoms with Gasteiger partial charge in [0.25, 0.3) is 0 Å². The minimum absolute atomic E-state index is 0.139. The molecule has 0 spiro atoms.